The van der Waals surface area contributed by atoms with E-state index in [4.69, 9.17) is 5.14 Å². The van der Waals surface area contributed by atoms with Crippen LogP contribution in [0, 0.1) is 0 Å². The lowest BCUT2D eigenvalue weighted by molar-refractivity contribution is 0.0687. The Morgan fingerprint density at radius 2 is 2.00 bits per heavy atom. The van der Waals surface area contributed by atoms with Crippen LogP contribution in [0.1, 0.15) is 47.7 Å². The molecule has 1 aromatic heterocycles. The number of aromatic carboxylic acids is 1. The van der Waals surface area contributed by atoms with Crippen molar-refractivity contribution in [1.82, 2.24) is 9.29 Å². The van der Waals surface area contributed by atoms with Crippen LogP contribution in [0.25, 0.3) is 0 Å². The molecule has 7 nitrogen and oxygen atoms in total. The van der Waals surface area contributed by atoms with Gasteiger partial charge in [-0.05, 0) is 50.3 Å². The topological polar surface area (TPSA) is 114 Å². The molecule has 8 heteroatoms. The first-order valence-electron chi connectivity index (χ1n) is 6.49. The van der Waals surface area contributed by atoms with Crippen LogP contribution in [0.15, 0.2) is 12.3 Å². The van der Waals surface area contributed by atoms with Gasteiger partial charge in [-0.3, -0.25) is 0 Å². The largest absolute Gasteiger partial charge is 0.477 e. The van der Waals surface area contributed by atoms with Crippen molar-refractivity contribution in [3.05, 3.63) is 23.5 Å². The Hall–Kier alpha value is -1.38. The lowest BCUT2D eigenvalue weighted by atomic mass is 9.82. The molecule has 4 N–H and O–H groups in total. The van der Waals surface area contributed by atoms with Gasteiger partial charge in [-0.25, -0.2) is 13.9 Å². The zero-order chi connectivity index (χ0) is 14.9. The number of nitrogens with one attached hydrogen (secondary N) is 1. The third-order valence-corrected chi connectivity index (χ3v) is 4.79. The molecule has 1 aromatic rings. The second-order valence-electron chi connectivity index (χ2n) is 5.10. The smallest absolute Gasteiger partial charge is 0.353 e. The summed E-state index contributed by atoms with van der Waals surface area (Å²) >= 11 is 0. The minimum Gasteiger partial charge on any atom is -0.477 e. The SMILES string of the molecule is CNC1CCC(c2ccn(S(N)(=O)=O)c2C(=O)O)CC1. The normalized spacial score (nSPS) is 23.7. The summed E-state index contributed by atoms with van der Waals surface area (Å²) in [6.45, 7) is 0. The van der Waals surface area contributed by atoms with Crippen molar-refractivity contribution in [2.75, 3.05) is 7.05 Å². The molecular weight excluding hydrogens is 282 g/mol. The van der Waals surface area contributed by atoms with Crippen molar-refractivity contribution >= 4 is 16.2 Å². The Labute approximate surface area is 118 Å². The van der Waals surface area contributed by atoms with Gasteiger partial charge in [0.15, 0.2) is 0 Å². The Kier molecular flexibility index (Phi) is 4.17. The van der Waals surface area contributed by atoms with Crippen molar-refractivity contribution in [1.29, 1.82) is 0 Å². The molecule has 0 bridgehead atoms. The number of nitrogens with zero attached hydrogens (tertiary/aromatic N) is 1. The number of rotatable bonds is 4. The van der Waals surface area contributed by atoms with E-state index in [-0.39, 0.29) is 11.6 Å². The van der Waals surface area contributed by atoms with Crippen molar-refractivity contribution in [3.8, 4) is 0 Å². The summed E-state index contributed by atoms with van der Waals surface area (Å²) < 4.78 is 23.5. The predicted molar refractivity (Wildman–Crippen MR) is 74.0 cm³/mol. The van der Waals surface area contributed by atoms with E-state index < -0.39 is 16.2 Å². The van der Waals surface area contributed by atoms with Gasteiger partial charge in [-0.1, -0.05) is 0 Å². The summed E-state index contributed by atoms with van der Waals surface area (Å²) in [6.07, 6.45) is 4.78. The van der Waals surface area contributed by atoms with Crippen LogP contribution in [-0.2, 0) is 10.2 Å². The van der Waals surface area contributed by atoms with Crippen LogP contribution in [-0.4, -0.2) is 36.6 Å². The number of carbonyl (C=O) groups is 1. The van der Waals surface area contributed by atoms with Crippen LogP contribution < -0.4 is 10.5 Å². The third kappa shape index (κ3) is 2.87. The van der Waals surface area contributed by atoms with Crippen LogP contribution in [0.4, 0.5) is 0 Å². The minimum absolute atomic E-state index is 0.0636. The van der Waals surface area contributed by atoms with E-state index in [1.807, 2.05) is 7.05 Å². The number of carboxylic acid groups (broad SMARTS) is 1. The second-order valence-corrected chi connectivity index (χ2v) is 6.53. The second kappa shape index (κ2) is 5.55. The van der Waals surface area contributed by atoms with Gasteiger partial charge in [0.1, 0.15) is 5.69 Å². The fourth-order valence-corrected chi connectivity index (χ4v) is 3.55. The first kappa shape index (κ1) is 15.0. The average molecular weight is 301 g/mol. The lowest BCUT2D eigenvalue weighted by Gasteiger charge is -2.28. The fourth-order valence-electron chi connectivity index (χ4n) is 2.88. The van der Waals surface area contributed by atoms with Crippen LogP contribution in [0.5, 0.6) is 0 Å². The molecule has 0 atom stereocenters. The number of hydrogen-bond acceptors (Lipinski definition) is 4. The molecule has 0 spiro atoms. The Balaban J connectivity index is 2.34. The molecule has 2 rings (SSSR count). The minimum atomic E-state index is -4.09. The van der Waals surface area contributed by atoms with E-state index in [0.717, 1.165) is 25.7 Å². The predicted octanol–water partition coefficient (Wildman–Crippen LogP) is 0.484. The van der Waals surface area contributed by atoms with Crippen LogP contribution in [0.3, 0.4) is 0 Å². The zero-order valence-corrected chi connectivity index (χ0v) is 12.1. The van der Waals surface area contributed by atoms with Gasteiger partial charge >= 0.3 is 16.2 Å². The molecular formula is C12H19N3O4S. The third-order valence-electron chi connectivity index (χ3n) is 3.94. The van der Waals surface area contributed by atoms with Crippen molar-refractivity contribution in [2.24, 2.45) is 5.14 Å². The molecule has 1 fully saturated rings. The Bertz CT molecular complexity index is 600. The standard InChI is InChI=1S/C12H19N3O4S/c1-14-9-4-2-8(3-5-9)10-6-7-15(20(13,18)19)11(10)12(16)17/h6-9,14H,2-5H2,1H3,(H,16,17)(H2,13,18,19). The van der Waals surface area contributed by atoms with Crippen LogP contribution >= 0.6 is 0 Å². The van der Waals surface area contributed by atoms with Crippen molar-refractivity contribution in [3.63, 3.8) is 0 Å². The molecule has 1 aliphatic carbocycles. The molecule has 1 saturated carbocycles. The summed E-state index contributed by atoms with van der Waals surface area (Å²) in [4.78, 5) is 11.4. The van der Waals surface area contributed by atoms with E-state index in [9.17, 15) is 18.3 Å². The summed E-state index contributed by atoms with van der Waals surface area (Å²) in [5.41, 5.74) is 0.321. The molecule has 0 radical (unpaired) electrons. The highest BCUT2D eigenvalue weighted by molar-refractivity contribution is 7.87. The van der Waals surface area contributed by atoms with Gasteiger partial charge in [0.2, 0.25) is 0 Å². The summed E-state index contributed by atoms with van der Waals surface area (Å²) in [7, 11) is -2.18. The number of aromatic nitrogens is 1. The molecule has 20 heavy (non-hydrogen) atoms. The molecule has 0 unspecified atom stereocenters. The average Bonchev–Trinajstić information content (AvgIpc) is 2.83. The maximum Gasteiger partial charge on any atom is 0.353 e. The molecule has 1 aliphatic rings. The molecule has 0 aromatic carbocycles. The molecule has 0 saturated heterocycles. The van der Waals surface area contributed by atoms with E-state index in [1.54, 1.807) is 6.07 Å². The first-order chi connectivity index (χ1) is 9.34. The van der Waals surface area contributed by atoms with Crippen molar-refractivity contribution in [2.45, 2.75) is 37.6 Å². The quantitative estimate of drug-likeness (QED) is 0.748. The van der Waals surface area contributed by atoms with Gasteiger partial charge in [0, 0.05) is 12.2 Å². The van der Waals surface area contributed by atoms with Crippen molar-refractivity contribution < 1.29 is 18.3 Å². The number of carboxylic acids is 1. The summed E-state index contributed by atoms with van der Waals surface area (Å²) in [6, 6.07) is 2.00. The molecule has 112 valence electrons. The van der Waals surface area contributed by atoms with Gasteiger partial charge in [0.05, 0.1) is 0 Å². The molecule has 1 heterocycles. The summed E-state index contributed by atoms with van der Waals surface area (Å²) in [5.74, 6) is -1.21. The first-order valence-corrected chi connectivity index (χ1v) is 8.00. The molecule has 0 amide bonds. The maximum atomic E-state index is 11.4. The van der Waals surface area contributed by atoms with Crippen LogP contribution in [0.2, 0.25) is 0 Å². The van der Waals surface area contributed by atoms with E-state index in [2.05, 4.69) is 5.32 Å². The Morgan fingerprint density at radius 1 is 1.40 bits per heavy atom. The van der Waals surface area contributed by atoms with Gasteiger partial charge in [-0.15, -0.1) is 0 Å². The van der Waals surface area contributed by atoms with E-state index >= 15 is 0 Å². The maximum absolute atomic E-state index is 11.4. The highest BCUT2D eigenvalue weighted by Gasteiger charge is 2.29. The number of nitrogens with two attached hydrogens (primary N) is 1. The van der Waals surface area contributed by atoms with E-state index in [1.165, 1.54) is 6.20 Å². The van der Waals surface area contributed by atoms with E-state index in [0.29, 0.717) is 15.6 Å². The Morgan fingerprint density at radius 3 is 2.45 bits per heavy atom. The monoisotopic (exact) mass is 301 g/mol. The highest BCUT2D eigenvalue weighted by Crippen LogP contribution is 2.35. The lowest BCUT2D eigenvalue weighted by Crippen LogP contribution is -2.30. The van der Waals surface area contributed by atoms with Gasteiger partial charge in [0.25, 0.3) is 0 Å². The highest BCUT2D eigenvalue weighted by atomic mass is 32.2. The summed E-state index contributed by atoms with van der Waals surface area (Å²) in [5, 5.41) is 17.5. The van der Waals surface area contributed by atoms with Gasteiger partial charge < -0.3 is 10.4 Å². The number of hydrogen-bond donors (Lipinski definition) is 3. The van der Waals surface area contributed by atoms with Gasteiger partial charge in [-0.2, -0.15) is 8.42 Å². The molecule has 0 aliphatic heterocycles. The zero-order valence-electron chi connectivity index (χ0n) is 11.2. The fraction of sp³-hybridized carbons (Fsp3) is 0.583.